The van der Waals surface area contributed by atoms with Gasteiger partial charge in [0.1, 0.15) is 6.54 Å². The van der Waals surface area contributed by atoms with E-state index in [1.807, 2.05) is 49.5 Å². The molecule has 0 saturated heterocycles. The molecule has 6 heteroatoms. The Kier molecular flexibility index (Phi) is 4.83. The van der Waals surface area contributed by atoms with Crippen molar-refractivity contribution in [2.75, 3.05) is 25.7 Å². The van der Waals surface area contributed by atoms with Crippen LogP contribution < -0.4 is 19.7 Å². The summed E-state index contributed by atoms with van der Waals surface area (Å²) in [7, 11) is 1.99. The predicted octanol–water partition coefficient (Wildman–Crippen LogP) is 1.83. The number of fused-ring (bicyclic) bond motifs is 1. The summed E-state index contributed by atoms with van der Waals surface area (Å²) in [6.07, 6.45) is 0. The van der Waals surface area contributed by atoms with Gasteiger partial charge in [0.05, 0.1) is 12.7 Å². The summed E-state index contributed by atoms with van der Waals surface area (Å²) in [5.41, 5.74) is 1.90. The molecule has 0 fully saturated rings. The van der Waals surface area contributed by atoms with Crippen molar-refractivity contribution in [3.63, 3.8) is 0 Å². The van der Waals surface area contributed by atoms with Crippen LogP contribution in [0.15, 0.2) is 46.9 Å². The van der Waals surface area contributed by atoms with E-state index in [-0.39, 0.29) is 12.7 Å². The molecule has 3 rings (SSSR count). The highest BCUT2D eigenvalue weighted by molar-refractivity contribution is 9.10. The maximum absolute atomic E-state index is 12.2. The first-order valence-electron chi connectivity index (χ1n) is 7.36. The Labute approximate surface area is 143 Å². The van der Waals surface area contributed by atoms with Crippen LogP contribution in [0.3, 0.4) is 0 Å². The van der Waals surface area contributed by atoms with Crippen LogP contribution in [0.1, 0.15) is 5.56 Å². The Bertz CT molecular complexity index is 721. The van der Waals surface area contributed by atoms with E-state index in [1.165, 1.54) is 0 Å². The standard InChI is InChI=1S/C17H17BrN2O3/c1-20(9-12-6-7-15-16(8-12)23-11-22-15)10-17(21)19-14-5-3-2-4-13(14)18/h2-8H,9-11H2,1H3,(H,19,21)/p+1. The maximum atomic E-state index is 12.2. The molecule has 2 N–H and O–H groups in total. The lowest BCUT2D eigenvalue weighted by Gasteiger charge is -2.14. The van der Waals surface area contributed by atoms with Crippen LogP contribution >= 0.6 is 15.9 Å². The van der Waals surface area contributed by atoms with Gasteiger partial charge in [-0.05, 0) is 46.3 Å². The van der Waals surface area contributed by atoms with Gasteiger partial charge < -0.3 is 19.7 Å². The van der Waals surface area contributed by atoms with Crippen LogP contribution in [-0.2, 0) is 11.3 Å². The van der Waals surface area contributed by atoms with Gasteiger partial charge in [-0.1, -0.05) is 12.1 Å². The van der Waals surface area contributed by atoms with Gasteiger partial charge >= 0.3 is 0 Å². The molecule has 2 aromatic carbocycles. The zero-order valence-electron chi connectivity index (χ0n) is 12.8. The number of ether oxygens (including phenoxy) is 2. The summed E-state index contributed by atoms with van der Waals surface area (Å²) in [5, 5.41) is 2.92. The second-order valence-corrected chi connectivity index (χ2v) is 6.38. The molecule has 23 heavy (non-hydrogen) atoms. The molecule has 120 valence electrons. The van der Waals surface area contributed by atoms with Gasteiger partial charge in [0.25, 0.3) is 5.91 Å². The van der Waals surface area contributed by atoms with Crippen LogP contribution in [0, 0.1) is 0 Å². The fourth-order valence-electron chi connectivity index (χ4n) is 2.49. The minimum atomic E-state index is -0.0184. The van der Waals surface area contributed by atoms with E-state index in [0.29, 0.717) is 6.54 Å². The van der Waals surface area contributed by atoms with Crippen LogP contribution in [0.5, 0.6) is 11.5 Å². The van der Waals surface area contributed by atoms with E-state index >= 15 is 0 Å². The first-order valence-corrected chi connectivity index (χ1v) is 8.15. The van der Waals surface area contributed by atoms with Crippen molar-refractivity contribution in [2.45, 2.75) is 6.54 Å². The fraction of sp³-hybridized carbons (Fsp3) is 0.235. The van der Waals surface area contributed by atoms with E-state index < -0.39 is 0 Å². The van der Waals surface area contributed by atoms with Gasteiger partial charge in [0.15, 0.2) is 18.0 Å². The molecular formula is C17H18BrN2O3+. The highest BCUT2D eigenvalue weighted by atomic mass is 79.9. The summed E-state index contributed by atoms with van der Waals surface area (Å²) in [5.74, 6) is 1.53. The Morgan fingerprint density at radius 3 is 2.83 bits per heavy atom. The summed E-state index contributed by atoms with van der Waals surface area (Å²) in [6.45, 7) is 1.39. The molecule has 2 aromatic rings. The summed E-state index contributed by atoms with van der Waals surface area (Å²) >= 11 is 3.43. The Balaban J connectivity index is 1.55. The van der Waals surface area contributed by atoms with Gasteiger partial charge in [-0.3, -0.25) is 4.79 Å². The number of carbonyl (C=O) groups is 1. The van der Waals surface area contributed by atoms with Gasteiger partial charge in [-0.2, -0.15) is 0 Å². The number of para-hydroxylation sites is 1. The highest BCUT2D eigenvalue weighted by Gasteiger charge is 2.16. The third-order valence-corrected chi connectivity index (χ3v) is 4.24. The van der Waals surface area contributed by atoms with E-state index in [1.54, 1.807) is 0 Å². The van der Waals surface area contributed by atoms with Crippen molar-refractivity contribution in [3.8, 4) is 11.5 Å². The van der Waals surface area contributed by atoms with Crippen molar-refractivity contribution in [1.82, 2.24) is 0 Å². The molecule has 0 spiro atoms. The number of amides is 1. The maximum Gasteiger partial charge on any atom is 0.279 e. The van der Waals surface area contributed by atoms with E-state index in [4.69, 9.17) is 9.47 Å². The van der Waals surface area contributed by atoms with Crippen molar-refractivity contribution >= 4 is 27.5 Å². The van der Waals surface area contributed by atoms with Gasteiger partial charge in [-0.15, -0.1) is 0 Å². The Morgan fingerprint density at radius 2 is 2.00 bits per heavy atom. The molecule has 0 bridgehead atoms. The van der Waals surface area contributed by atoms with E-state index in [9.17, 15) is 4.79 Å². The van der Waals surface area contributed by atoms with Gasteiger partial charge in [-0.25, -0.2) is 0 Å². The molecule has 0 saturated carbocycles. The monoisotopic (exact) mass is 377 g/mol. The third-order valence-electron chi connectivity index (χ3n) is 3.55. The smallest absolute Gasteiger partial charge is 0.279 e. The lowest BCUT2D eigenvalue weighted by atomic mass is 10.2. The predicted molar refractivity (Wildman–Crippen MR) is 90.8 cm³/mol. The molecule has 1 aliphatic rings. The Morgan fingerprint density at radius 1 is 1.22 bits per heavy atom. The first-order chi connectivity index (χ1) is 11.1. The molecule has 0 aliphatic carbocycles. The molecule has 1 atom stereocenters. The lowest BCUT2D eigenvalue weighted by Crippen LogP contribution is -3.08. The summed E-state index contributed by atoms with van der Waals surface area (Å²) < 4.78 is 11.6. The minimum absolute atomic E-state index is 0.0184. The average molecular weight is 378 g/mol. The number of benzene rings is 2. The Hall–Kier alpha value is -2.05. The second-order valence-electron chi connectivity index (χ2n) is 5.53. The number of hydrogen-bond acceptors (Lipinski definition) is 3. The zero-order chi connectivity index (χ0) is 16.2. The number of anilines is 1. The van der Waals surface area contributed by atoms with Crippen molar-refractivity contribution in [3.05, 3.63) is 52.5 Å². The molecule has 1 amide bonds. The fourth-order valence-corrected chi connectivity index (χ4v) is 2.88. The first kappa shape index (κ1) is 15.8. The lowest BCUT2D eigenvalue weighted by molar-refractivity contribution is -0.885. The molecule has 0 radical (unpaired) electrons. The quantitative estimate of drug-likeness (QED) is 0.835. The number of halogens is 1. The van der Waals surface area contributed by atoms with Gasteiger partial charge in [0, 0.05) is 10.0 Å². The summed E-state index contributed by atoms with van der Waals surface area (Å²) in [4.78, 5) is 13.2. The van der Waals surface area contributed by atoms with Crippen molar-refractivity contribution in [2.24, 2.45) is 0 Å². The number of likely N-dealkylation sites (N-methyl/N-ethyl adjacent to an activating group) is 1. The highest BCUT2D eigenvalue weighted by Crippen LogP contribution is 2.32. The normalized spacial score (nSPS) is 13.7. The topological polar surface area (TPSA) is 52.0 Å². The van der Waals surface area contributed by atoms with Crippen LogP contribution in [0.2, 0.25) is 0 Å². The zero-order valence-corrected chi connectivity index (χ0v) is 14.4. The SMILES string of the molecule is C[NH+](CC(=O)Nc1ccccc1Br)Cc1ccc2c(c1)OCO2. The number of quaternary nitrogens is 1. The molecule has 1 heterocycles. The molecular weight excluding hydrogens is 360 g/mol. The molecule has 0 aromatic heterocycles. The summed E-state index contributed by atoms with van der Waals surface area (Å²) in [6, 6.07) is 13.5. The minimum Gasteiger partial charge on any atom is -0.454 e. The molecule has 5 nitrogen and oxygen atoms in total. The van der Waals surface area contributed by atoms with Gasteiger partial charge in [0.2, 0.25) is 6.79 Å². The van der Waals surface area contributed by atoms with E-state index in [2.05, 4.69) is 21.2 Å². The average Bonchev–Trinajstić information content (AvgIpc) is 2.97. The third kappa shape index (κ3) is 4.03. The van der Waals surface area contributed by atoms with E-state index in [0.717, 1.165) is 38.7 Å². The van der Waals surface area contributed by atoms with Crippen LogP contribution in [-0.4, -0.2) is 26.3 Å². The van der Waals surface area contributed by atoms with Crippen LogP contribution in [0.25, 0.3) is 0 Å². The number of rotatable bonds is 5. The van der Waals surface area contributed by atoms with Crippen molar-refractivity contribution in [1.29, 1.82) is 0 Å². The number of nitrogens with one attached hydrogen (secondary N) is 2. The molecule has 1 unspecified atom stereocenters. The number of carbonyl (C=O) groups excluding carboxylic acids is 1. The molecule has 1 aliphatic heterocycles. The van der Waals surface area contributed by atoms with Crippen molar-refractivity contribution < 1.29 is 19.2 Å². The van der Waals surface area contributed by atoms with Crippen LogP contribution in [0.4, 0.5) is 5.69 Å². The second kappa shape index (κ2) is 7.02. The largest absolute Gasteiger partial charge is 0.454 e. The number of hydrogen-bond donors (Lipinski definition) is 2.